The molecule has 0 fully saturated rings. The number of aromatic nitrogens is 1. The van der Waals surface area contributed by atoms with Crippen LogP contribution < -0.4 is 14.2 Å². The van der Waals surface area contributed by atoms with Crippen molar-refractivity contribution in [1.82, 2.24) is 4.98 Å². The number of methoxy groups -OCH3 is 1. The summed E-state index contributed by atoms with van der Waals surface area (Å²) in [4.78, 5) is 4.77. The van der Waals surface area contributed by atoms with E-state index in [2.05, 4.69) is 24.3 Å². The van der Waals surface area contributed by atoms with E-state index in [9.17, 15) is 0 Å². The maximum atomic E-state index is 6.56. The summed E-state index contributed by atoms with van der Waals surface area (Å²) in [7, 11) is 1.66. The first kappa shape index (κ1) is 23.2. The van der Waals surface area contributed by atoms with Crippen molar-refractivity contribution in [1.29, 1.82) is 0 Å². The minimum Gasteiger partial charge on any atom is -0.497 e. The molecular formula is C32H27NO3. The topological polar surface area (TPSA) is 40.6 Å². The summed E-state index contributed by atoms with van der Waals surface area (Å²) in [5, 5.41) is 0. The summed E-state index contributed by atoms with van der Waals surface area (Å²) >= 11 is 0. The van der Waals surface area contributed by atoms with E-state index in [4.69, 9.17) is 19.2 Å². The molecule has 1 aromatic heterocycles. The van der Waals surface area contributed by atoms with Gasteiger partial charge in [0.15, 0.2) is 0 Å². The molecule has 0 N–H and O–H groups in total. The van der Waals surface area contributed by atoms with Gasteiger partial charge in [0, 0.05) is 11.8 Å². The van der Waals surface area contributed by atoms with Gasteiger partial charge in [0.2, 0.25) is 5.88 Å². The molecule has 0 amide bonds. The Bertz CT molecular complexity index is 1390. The molecule has 0 radical (unpaired) electrons. The largest absolute Gasteiger partial charge is 0.497 e. The summed E-state index contributed by atoms with van der Waals surface area (Å²) in [6, 6.07) is 38.3. The highest BCUT2D eigenvalue weighted by atomic mass is 16.5. The third-order valence-electron chi connectivity index (χ3n) is 5.90. The van der Waals surface area contributed by atoms with Gasteiger partial charge in [-0.1, -0.05) is 103 Å². The highest BCUT2D eigenvalue weighted by Gasteiger charge is 2.21. The molecule has 4 heteroatoms. The van der Waals surface area contributed by atoms with Crippen molar-refractivity contribution in [3.63, 3.8) is 0 Å². The van der Waals surface area contributed by atoms with Crippen LogP contribution in [0.15, 0.2) is 121 Å². The van der Waals surface area contributed by atoms with Crippen LogP contribution in [0, 0.1) is 0 Å². The number of nitrogens with zero attached hydrogens (tertiary/aromatic N) is 1. The molecule has 1 heterocycles. The Labute approximate surface area is 211 Å². The van der Waals surface area contributed by atoms with E-state index in [0.29, 0.717) is 19.1 Å². The Kier molecular flexibility index (Phi) is 7.24. The molecule has 5 aromatic rings. The van der Waals surface area contributed by atoms with E-state index in [1.54, 1.807) is 7.11 Å². The molecule has 178 valence electrons. The van der Waals surface area contributed by atoms with Gasteiger partial charge in [-0.15, -0.1) is 0 Å². The van der Waals surface area contributed by atoms with Crippen LogP contribution in [0.4, 0.5) is 0 Å². The van der Waals surface area contributed by atoms with Gasteiger partial charge < -0.3 is 14.2 Å². The van der Waals surface area contributed by atoms with Crippen molar-refractivity contribution in [3.8, 4) is 39.6 Å². The quantitative estimate of drug-likeness (QED) is 0.221. The highest BCUT2D eigenvalue weighted by molar-refractivity contribution is 5.85. The van der Waals surface area contributed by atoms with Gasteiger partial charge in [-0.25, -0.2) is 4.98 Å². The maximum absolute atomic E-state index is 6.56. The van der Waals surface area contributed by atoms with E-state index in [1.807, 2.05) is 97.2 Å². The lowest BCUT2D eigenvalue weighted by molar-refractivity contribution is 0.284. The molecule has 4 nitrogen and oxygen atoms in total. The van der Waals surface area contributed by atoms with Crippen molar-refractivity contribution in [2.24, 2.45) is 0 Å². The molecule has 0 aliphatic rings. The third kappa shape index (κ3) is 5.39. The smallest absolute Gasteiger partial charge is 0.225 e. The lowest BCUT2D eigenvalue weighted by atomic mass is 9.99. The zero-order valence-corrected chi connectivity index (χ0v) is 20.1. The van der Waals surface area contributed by atoms with Crippen LogP contribution in [0.25, 0.3) is 22.3 Å². The van der Waals surface area contributed by atoms with Crippen LogP contribution >= 0.6 is 0 Å². The summed E-state index contributed by atoms with van der Waals surface area (Å²) in [6.07, 6.45) is 1.84. The molecule has 5 rings (SSSR count). The van der Waals surface area contributed by atoms with Crippen molar-refractivity contribution in [3.05, 3.63) is 133 Å². The second-order valence-electron chi connectivity index (χ2n) is 8.32. The summed E-state index contributed by atoms with van der Waals surface area (Å²) in [6.45, 7) is 0.825. The molecule has 4 aromatic carbocycles. The number of ether oxygens (including phenoxy) is 3. The van der Waals surface area contributed by atoms with Crippen molar-refractivity contribution in [2.75, 3.05) is 7.11 Å². The molecule has 0 aliphatic heterocycles. The predicted octanol–water partition coefficient (Wildman–Crippen LogP) is 7.58. The molecule has 0 bridgehead atoms. The molecular weight excluding hydrogens is 446 g/mol. The Hall–Kier alpha value is -4.57. The molecule has 0 unspecified atom stereocenters. The van der Waals surface area contributed by atoms with E-state index in [1.165, 1.54) is 0 Å². The summed E-state index contributed by atoms with van der Waals surface area (Å²) in [5.74, 6) is 2.03. The molecule has 0 saturated carbocycles. The number of hydrogen-bond donors (Lipinski definition) is 0. The van der Waals surface area contributed by atoms with Crippen molar-refractivity contribution >= 4 is 0 Å². The summed E-state index contributed by atoms with van der Waals surface area (Å²) < 4.78 is 18.2. The minimum atomic E-state index is 0.403. The lowest BCUT2D eigenvalue weighted by Crippen LogP contribution is -2.04. The van der Waals surface area contributed by atoms with Crippen LogP contribution in [0.3, 0.4) is 0 Å². The fourth-order valence-electron chi connectivity index (χ4n) is 4.03. The molecule has 0 aliphatic carbocycles. The molecule has 0 atom stereocenters. The van der Waals surface area contributed by atoms with E-state index >= 15 is 0 Å². The van der Waals surface area contributed by atoms with E-state index in [-0.39, 0.29) is 0 Å². The van der Waals surface area contributed by atoms with Crippen LogP contribution in [-0.4, -0.2) is 12.1 Å². The lowest BCUT2D eigenvalue weighted by Gasteiger charge is -2.20. The average Bonchev–Trinajstić information content (AvgIpc) is 2.96. The molecule has 0 spiro atoms. The van der Waals surface area contributed by atoms with E-state index in [0.717, 1.165) is 44.9 Å². The first-order valence-corrected chi connectivity index (χ1v) is 11.9. The minimum absolute atomic E-state index is 0.403. The van der Waals surface area contributed by atoms with E-state index < -0.39 is 0 Å². The van der Waals surface area contributed by atoms with Crippen LogP contribution in [0.1, 0.15) is 11.1 Å². The van der Waals surface area contributed by atoms with Crippen molar-refractivity contribution < 1.29 is 14.2 Å². The SMILES string of the molecule is COc1ccc(-c2c(OCc3ccccc3)ncc(-c3ccccc3)c2OCc2ccccc2)cc1. The highest BCUT2D eigenvalue weighted by Crippen LogP contribution is 2.44. The fraction of sp³-hybridized carbons (Fsp3) is 0.0938. The van der Waals surface area contributed by atoms with Crippen molar-refractivity contribution in [2.45, 2.75) is 13.2 Å². The van der Waals surface area contributed by atoms with Gasteiger partial charge in [0.1, 0.15) is 24.7 Å². The Balaban J connectivity index is 1.63. The van der Waals surface area contributed by atoms with Crippen LogP contribution in [-0.2, 0) is 13.2 Å². The molecule has 0 saturated heterocycles. The monoisotopic (exact) mass is 473 g/mol. The average molecular weight is 474 g/mol. The van der Waals surface area contributed by atoms with Gasteiger partial charge >= 0.3 is 0 Å². The summed E-state index contributed by atoms with van der Waals surface area (Å²) in [5.41, 5.74) is 5.83. The first-order chi connectivity index (χ1) is 17.8. The number of pyridine rings is 1. The number of rotatable bonds is 9. The second kappa shape index (κ2) is 11.2. The van der Waals surface area contributed by atoms with Crippen LogP contribution in [0.2, 0.25) is 0 Å². The standard InChI is InChI=1S/C32H27NO3/c1-34-28-19-17-27(18-20-28)30-31(35-22-24-11-5-2-6-12-24)29(26-15-9-4-10-16-26)21-33-32(30)36-23-25-13-7-3-8-14-25/h2-21H,22-23H2,1H3. The fourth-order valence-corrected chi connectivity index (χ4v) is 4.03. The normalized spacial score (nSPS) is 10.6. The Morgan fingerprint density at radius 1 is 0.583 bits per heavy atom. The third-order valence-corrected chi connectivity index (χ3v) is 5.90. The first-order valence-electron chi connectivity index (χ1n) is 11.9. The van der Waals surface area contributed by atoms with Gasteiger partial charge in [-0.2, -0.15) is 0 Å². The van der Waals surface area contributed by atoms with Gasteiger partial charge in [-0.05, 0) is 34.4 Å². The zero-order valence-electron chi connectivity index (χ0n) is 20.1. The second-order valence-corrected chi connectivity index (χ2v) is 8.32. The molecule has 36 heavy (non-hydrogen) atoms. The Morgan fingerprint density at radius 2 is 1.14 bits per heavy atom. The zero-order chi connectivity index (χ0) is 24.6. The van der Waals surface area contributed by atoms with Crippen LogP contribution in [0.5, 0.6) is 17.4 Å². The van der Waals surface area contributed by atoms with Gasteiger partial charge in [0.05, 0.1) is 12.7 Å². The predicted molar refractivity (Wildman–Crippen MR) is 143 cm³/mol. The number of hydrogen-bond acceptors (Lipinski definition) is 4. The Morgan fingerprint density at radius 3 is 1.72 bits per heavy atom. The number of benzene rings is 4. The van der Waals surface area contributed by atoms with Gasteiger partial charge in [-0.3, -0.25) is 0 Å². The maximum Gasteiger partial charge on any atom is 0.225 e. The van der Waals surface area contributed by atoms with Gasteiger partial charge in [0.25, 0.3) is 0 Å².